The third-order valence-corrected chi connectivity index (χ3v) is 6.33. The molecule has 0 saturated carbocycles. The Bertz CT molecular complexity index is 919. The Morgan fingerprint density at radius 3 is 2.71 bits per heavy atom. The van der Waals surface area contributed by atoms with Gasteiger partial charge in [0.1, 0.15) is 23.7 Å². The monoisotopic (exact) mass is 389 g/mol. The van der Waals surface area contributed by atoms with Gasteiger partial charge < -0.3 is 16.4 Å². The lowest BCUT2D eigenvalue weighted by atomic mass is 9.76. The smallest absolute Gasteiger partial charge is 0.291 e. The van der Waals surface area contributed by atoms with Crippen LogP contribution in [-0.4, -0.2) is 40.6 Å². The summed E-state index contributed by atoms with van der Waals surface area (Å²) in [4.78, 5) is 52.4. The number of likely N-dealkylation sites (tertiary alicyclic amines) is 1. The zero-order valence-electron chi connectivity index (χ0n) is 15.6. The molecule has 1 aromatic carbocycles. The summed E-state index contributed by atoms with van der Waals surface area (Å²) in [6.45, 7) is 3.62. The van der Waals surface area contributed by atoms with Crippen molar-refractivity contribution in [2.24, 2.45) is 17.6 Å². The number of anilines is 1. The SMILES string of the molecule is CC[C@@H](C)N1C(=O)[C@H]2[C@@H](C1=O)[C@@]1([NH2+][C@@H]2CC(N)=O)C(=O)Nc2ccc(F)cc21. The van der Waals surface area contributed by atoms with Crippen LogP contribution in [0.3, 0.4) is 0 Å². The van der Waals surface area contributed by atoms with Gasteiger partial charge in [0.05, 0.1) is 12.1 Å². The molecule has 3 heterocycles. The third kappa shape index (κ3) is 2.25. The van der Waals surface area contributed by atoms with Gasteiger partial charge in [-0.25, -0.2) is 4.39 Å². The fraction of sp³-hybridized carbons (Fsp3) is 0.474. The van der Waals surface area contributed by atoms with Gasteiger partial charge in [-0.1, -0.05) is 6.92 Å². The highest BCUT2D eigenvalue weighted by Gasteiger charge is 2.74. The summed E-state index contributed by atoms with van der Waals surface area (Å²) >= 11 is 0. The molecule has 5 atom stereocenters. The minimum atomic E-state index is -1.49. The molecule has 9 heteroatoms. The first kappa shape index (κ1) is 18.5. The van der Waals surface area contributed by atoms with Gasteiger partial charge in [-0.05, 0) is 31.5 Å². The number of halogens is 1. The van der Waals surface area contributed by atoms with Crippen molar-refractivity contribution < 1.29 is 28.9 Å². The van der Waals surface area contributed by atoms with Crippen LogP contribution in [0.2, 0.25) is 0 Å². The van der Waals surface area contributed by atoms with E-state index in [0.717, 1.165) is 0 Å². The molecule has 2 saturated heterocycles. The lowest BCUT2D eigenvalue weighted by Crippen LogP contribution is -2.99. The molecule has 2 fully saturated rings. The molecule has 8 nitrogen and oxygen atoms in total. The van der Waals surface area contributed by atoms with Crippen LogP contribution in [0.25, 0.3) is 0 Å². The Hall–Kier alpha value is -2.81. The number of carbonyl (C=O) groups excluding carboxylic acids is 4. The normalized spacial score (nSPS) is 31.9. The lowest BCUT2D eigenvalue weighted by Gasteiger charge is -2.28. The van der Waals surface area contributed by atoms with E-state index in [1.807, 2.05) is 6.92 Å². The van der Waals surface area contributed by atoms with Crippen LogP contribution in [-0.2, 0) is 24.7 Å². The summed E-state index contributed by atoms with van der Waals surface area (Å²) in [5.41, 5.74) is 4.61. The van der Waals surface area contributed by atoms with E-state index in [4.69, 9.17) is 5.73 Å². The quantitative estimate of drug-likeness (QED) is 0.583. The second-order valence-corrected chi connectivity index (χ2v) is 7.82. The fourth-order valence-corrected chi connectivity index (χ4v) is 4.99. The van der Waals surface area contributed by atoms with Gasteiger partial charge in [0, 0.05) is 11.6 Å². The molecular formula is C19H22FN4O4+. The van der Waals surface area contributed by atoms with Gasteiger partial charge in [0.25, 0.3) is 5.91 Å². The molecule has 4 rings (SSSR count). The number of hydrogen-bond donors (Lipinski definition) is 3. The summed E-state index contributed by atoms with van der Waals surface area (Å²) in [5, 5.41) is 4.27. The number of nitrogens with two attached hydrogens (primary N) is 2. The minimum absolute atomic E-state index is 0.159. The van der Waals surface area contributed by atoms with Gasteiger partial charge in [-0.2, -0.15) is 0 Å². The maximum absolute atomic E-state index is 14.0. The topological polar surface area (TPSA) is 126 Å². The Morgan fingerprint density at radius 2 is 2.07 bits per heavy atom. The summed E-state index contributed by atoms with van der Waals surface area (Å²) < 4.78 is 14.0. The minimum Gasteiger partial charge on any atom is -0.369 e. The number of nitrogens with one attached hydrogen (secondary N) is 1. The van der Waals surface area contributed by atoms with E-state index < -0.39 is 52.9 Å². The number of rotatable bonds is 4. The molecule has 1 aromatic rings. The van der Waals surface area contributed by atoms with E-state index in [0.29, 0.717) is 17.7 Å². The number of amides is 4. The highest BCUT2D eigenvalue weighted by atomic mass is 19.1. The Labute approximate surface area is 160 Å². The Morgan fingerprint density at radius 1 is 1.36 bits per heavy atom. The van der Waals surface area contributed by atoms with Crippen LogP contribution in [0.1, 0.15) is 32.3 Å². The standard InChI is InChI=1S/C19H21FN4O4/c1-3-8(2)24-16(26)14-12(7-13(21)25)23-19(15(14)17(24)27)10-6-9(20)4-5-11(10)22-18(19)28/h4-6,8,12,14-15,23H,3,7H2,1-2H3,(H2,21,25)(H,22,28)/p+1/t8-,12-,14-,15+,19-/m1/s1. The van der Waals surface area contributed by atoms with Crippen molar-refractivity contribution in [2.75, 3.05) is 5.32 Å². The van der Waals surface area contributed by atoms with Crippen molar-refractivity contribution in [3.8, 4) is 0 Å². The Kier molecular flexibility index (Phi) is 4.04. The molecule has 0 aliphatic carbocycles. The van der Waals surface area contributed by atoms with E-state index in [2.05, 4.69) is 5.32 Å². The number of primary amides is 1. The van der Waals surface area contributed by atoms with Crippen molar-refractivity contribution in [3.63, 3.8) is 0 Å². The van der Waals surface area contributed by atoms with E-state index in [1.54, 1.807) is 12.2 Å². The molecule has 4 amide bonds. The van der Waals surface area contributed by atoms with Gasteiger partial charge in [-0.15, -0.1) is 0 Å². The number of benzene rings is 1. The van der Waals surface area contributed by atoms with E-state index in [1.165, 1.54) is 23.1 Å². The highest BCUT2D eigenvalue weighted by molar-refractivity contribution is 6.14. The van der Waals surface area contributed by atoms with E-state index >= 15 is 0 Å². The number of nitrogens with zero attached hydrogens (tertiary/aromatic N) is 1. The van der Waals surface area contributed by atoms with Crippen LogP contribution in [0.15, 0.2) is 18.2 Å². The zero-order valence-corrected chi connectivity index (χ0v) is 15.6. The van der Waals surface area contributed by atoms with Crippen LogP contribution in [0.5, 0.6) is 0 Å². The maximum Gasteiger partial charge on any atom is 0.291 e. The number of hydrogen-bond acceptors (Lipinski definition) is 4. The Balaban J connectivity index is 1.90. The average Bonchev–Trinajstić information content (AvgIpc) is 3.20. The molecule has 0 bridgehead atoms. The molecule has 5 N–H and O–H groups in total. The predicted octanol–water partition coefficient (Wildman–Crippen LogP) is -0.806. The molecule has 3 aliphatic rings. The first-order chi connectivity index (χ1) is 13.2. The highest BCUT2D eigenvalue weighted by Crippen LogP contribution is 2.49. The van der Waals surface area contributed by atoms with Gasteiger partial charge in [0.15, 0.2) is 0 Å². The lowest BCUT2D eigenvalue weighted by molar-refractivity contribution is -0.732. The predicted molar refractivity (Wildman–Crippen MR) is 94.8 cm³/mol. The molecule has 0 unspecified atom stereocenters. The van der Waals surface area contributed by atoms with Crippen LogP contribution in [0, 0.1) is 17.7 Å². The molecule has 0 radical (unpaired) electrons. The van der Waals surface area contributed by atoms with Crippen LogP contribution in [0.4, 0.5) is 10.1 Å². The van der Waals surface area contributed by atoms with Crippen molar-refractivity contribution in [3.05, 3.63) is 29.6 Å². The third-order valence-electron chi connectivity index (χ3n) is 6.33. The molecule has 1 spiro atoms. The molecule has 28 heavy (non-hydrogen) atoms. The van der Waals surface area contributed by atoms with Gasteiger partial charge in [-0.3, -0.25) is 24.1 Å². The first-order valence-electron chi connectivity index (χ1n) is 9.35. The van der Waals surface area contributed by atoms with E-state index in [9.17, 15) is 23.6 Å². The maximum atomic E-state index is 14.0. The number of imide groups is 1. The fourth-order valence-electron chi connectivity index (χ4n) is 4.99. The van der Waals surface area contributed by atoms with Gasteiger partial charge >= 0.3 is 0 Å². The number of quaternary nitrogens is 1. The number of fused-ring (bicyclic) bond motifs is 4. The summed E-state index contributed by atoms with van der Waals surface area (Å²) in [5.74, 6) is -4.40. The molecule has 148 valence electrons. The van der Waals surface area contributed by atoms with Crippen molar-refractivity contribution in [1.29, 1.82) is 0 Å². The summed E-state index contributed by atoms with van der Waals surface area (Å²) in [7, 11) is 0. The molecule has 0 aromatic heterocycles. The summed E-state index contributed by atoms with van der Waals surface area (Å²) in [6.07, 6.45) is 0.403. The van der Waals surface area contributed by atoms with Crippen molar-refractivity contribution in [1.82, 2.24) is 4.90 Å². The molecule has 3 aliphatic heterocycles. The summed E-state index contributed by atoms with van der Waals surface area (Å²) in [6, 6.07) is 2.87. The first-order valence-corrected chi connectivity index (χ1v) is 9.35. The largest absolute Gasteiger partial charge is 0.369 e. The average molecular weight is 389 g/mol. The second kappa shape index (κ2) is 6.10. The van der Waals surface area contributed by atoms with E-state index in [-0.39, 0.29) is 12.5 Å². The number of carbonyl (C=O) groups is 4. The molecular weight excluding hydrogens is 367 g/mol. The van der Waals surface area contributed by atoms with Crippen LogP contribution < -0.4 is 16.4 Å². The zero-order chi connectivity index (χ0) is 20.4. The second-order valence-electron chi connectivity index (χ2n) is 7.82. The van der Waals surface area contributed by atoms with Crippen LogP contribution >= 0.6 is 0 Å². The van der Waals surface area contributed by atoms with Crippen molar-refractivity contribution in [2.45, 2.75) is 44.3 Å². The van der Waals surface area contributed by atoms with Crippen molar-refractivity contribution >= 4 is 29.3 Å². The van der Waals surface area contributed by atoms with Gasteiger partial charge in [0.2, 0.25) is 23.3 Å².